The van der Waals surface area contributed by atoms with Crippen molar-refractivity contribution in [3.63, 3.8) is 0 Å². The zero-order valence-corrected chi connectivity index (χ0v) is 12.0. The smallest absolute Gasteiger partial charge is 0.0636 e. The van der Waals surface area contributed by atoms with Gasteiger partial charge in [0.25, 0.3) is 0 Å². The number of rotatable bonds is 12. The van der Waals surface area contributed by atoms with Crippen LogP contribution >= 0.6 is 0 Å². The molecule has 0 aliphatic heterocycles. The molecule has 2 atom stereocenters. The van der Waals surface area contributed by atoms with E-state index in [4.69, 9.17) is 0 Å². The molecule has 18 heavy (non-hydrogen) atoms. The fraction of sp³-hybridized carbons (Fsp3) is 0.733. The fourth-order valence-corrected chi connectivity index (χ4v) is 1.78. The van der Waals surface area contributed by atoms with Gasteiger partial charge in [-0.3, -0.25) is 0 Å². The van der Waals surface area contributed by atoms with E-state index in [1.165, 1.54) is 25.7 Å². The average molecular weight is 254 g/mol. The maximum atomic E-state index is 9.98. The van der Waals surface area contributed by atoms with Crippen LogP contribution in [-0.4, -0.2) is 24.3 Å². The third-order valence-electron chi connectivity index (χ3n) is 3.24. The van der Waals surface area contributed by atoms with Gasteiger partial charge in [-0.05, 0) is 19.0 Å². The Morgan fingerprint density at radius 3 is 2.61 bits per heavy atom. The molecule has 0 heterocycles. The molecule has 0 saturated carbocycles. The van der Waals surface area contributed by atoms with Gasteiger partial charge < -0.3 is 15.7 Å². The predicted octanol–water partition coefficient (Wildman–Crippen LogP) is 2.79. The van der Waals surface area contributed by atoms with Gasteiger partial charge in [-0.1, -0.05) is 46.3 Å². The number of hydrogen-bond donors (Lipinski definition) is 3. The summed E-state index contributed by atoms with van der Waals surface area (Å²) in [5.41, 5.74) is 0.942. The van der Waals surface area contributed by atoms with Gasteiger partial charge in [0.15, 0.2) is 0 Å². The van der Waals surface area contributed by atoms with Gasteiger partial charge in [0.05, 0.1) is 6.10 Å². The summed E-state index contributed by atoms with van der Waals surface area (Å²) in [5.74, 6) is 0.0859. The van der Waals surface area contributed by atoms with E-state index < -0.39 is 0 Å². The number of unbranched alkanes of at least 4 members (excludes halogenated alkanes) is 3. The van der Waals surface area contributed by atoms with Gasteiger partial charge in [0, 0.05) is 24.7 Å². The summed E-state index contributed by atoms with van der Waals surface area (Å²) in [4.78, 5) is 0. The minimum absolute atomic E-state index is 0.0859. The topological polar surface area (TPSA) is 44.3 Å². The molecule has 0 amide bonds. The van der Waals surface area contributed by atoms with Crippen molar-refractivity contribution in [1.82, 2.24) is 10.6 Å². The second-order valence-corrected chi connectivity index (χ2v) is 4.82. The molecular weight excluding hydrogens is 224 g/mol. The highest BCUT2D eigenvalue weighted by atomic mass is 16.3. The molecule has 0 spiro atoms. The van der Waals surface area contributed by atoms with Crippen LogP contribution in [0, 0.1) is 5.92 Å². The van der Waals surface area contributed by atoms with Crippen molar-refractivity contribution in [3.8, 4) is 0 Å². The van der Waals surface area contributed by atoms with Gasteiger partial charge in [-0.2, -0.15) is 0 Å². The molecule has 3 N–H and O–H groups in total. The van der Waals surface area contributed by atoms with E-state index in [0.717, 1.165) is 18.8 Å². The van der Waals surface area contributed by atoms with Gasteiger partial charge in [0.2, 0.25) is 0 Å². The largest absolute Gasteiger partial charge is 0.392 e. The van der Waals surface area contributed by atoms with Crippen LogP contribution in [0.25, 0.3) is 0 Å². The molecule has 0 fully saturated rings. The quantitative estimate of drug-likeness (QED) is 0.469. The average Bonchev–Trinajstić information content (AvgIpc) is 2.37. The fourth-order valence-electron chi connectivity index (χ4n) is 1.78. The maximum Gasteiger partial charge on any atom is 0.0636 e. The van der Waals surface area contributed by atoms with Gasteiger partial charge >= 0.3 is 0 Å². The predicted molar refractivity (Wildman–Crippen MR) is 79.3 cm³/mol. The maximum absolute atomic E-state index is 9.98. The summed E-state index contributed by atoms with van der Waals surface area (Å²) in [7, 11) is 0. The molecule has 0 aromatic carbocycles. The lowest BCUT2D eigenvalue weighted by Crippen LogP contribution is -2.29. The lowest BCUT2D eigenvalue weighted by Gasteiger charge is -2.22. The van der Waals surface area contributed by atoms with Crippen molar-refractivity contribution < 1.29 is 5.11 Å². The minimum atomic E-state index is -0.354. The van der Waals surface area contributed by atoms with Crippen molar-refractivity contribution in [2.45, 2.75) is 52.1 Å². The lowest BCUT2D eigenvalue weighted by molar-refractivity contribution is 0.121. The molecule has 0 aliphatic carbocycles. The second-order valence-electron chi connectivity index (χ2n) is 4.82. The molecule has 0 aliphatic rings. The highest BCUT2D eigenvalue weighted by molar-refractivity contribution is 4.99. The third-order valence-corrected chi connectivity index (χ3v) is 3.24. The minimum Gasteiger partial charge on any atom is -0.392 e. The standard InChI is InChI=1S/C15H30N2O/c1-5-7-8-9-11-17-14(4)13(3)15(18)10-12-16-6-2/h6,13,15-18H,2,4-5,7-12H2,1,3H3. The third kappa shape index (κ3) is 8.18. The molecule has 3 heteroatoms. The van der Waals surface area contributed by atoms with Gasteiger partial charge in [-0.15, -0.1) is 0 Å². The molecular formula is C15H30N2O. The van der Waals surface area contributed by atoms with Crippen molar-refractivity contribution in [2.24, 2.45) is 5.92 Å². The Morgan fingerprint density at radius 1 is 1.28 bits per heavy atom. The van der Waals surface area contributed by atoms with Crippen LogP contribution in [0.1, 0.15) is 46.0 Å². The zero-order valence-electron chi connectivity index (χ0n) is 12.0. The summed E-state index contributed by atoms with van der Waals surface area (Å²) in [6, 6.07) is 0. The Morgan fingerprint density at radius 2 is 2.00 bits per heavy atom. The molecule has 2 unspecified atom stereocenters. The van der Waals surface area contributed by atoms with E-state index >= 15 is 0 Å². The molecule has 3 nitrogen and oxygen atoms in total. The van der Waals surface area contributed by atoms with E-state index in [1.54, 1.807) is 6.20 Å². The van der Waals surface area contributed by atoms with Crippen LogP contribution in [0.3, 0.4) is 0 Å². The Balaban J connectivity index is 3.69. The first kappa shape index (κ1) is 17.0. The van der Waals surface area contributed by atoms with Crippen molar-refractivity contribution in [2.75, 3.05) is 13.1 Å². The zero-order chi connectivity index (χ0) is 13.8. The number of nitrogens with one attached hydrogen (secondary N) is 2. The molecule has 0 aromatic heterocycles. The SMILES string of the molecule is C=CNCCC(O)C(C)C(=C)NCCCCCC. The van der Waals surface area contributed by atoms with E-state index in [9.17, 15) is 5.11 Å². The molecule has 106 valence electrons. The normalized spacial score (nSPS) is 13.7. The summed E-state index contributed by atoms with van der Waals surface area (Å²) >= 11 is 0. The van der Waals surface area contributed by atoms with Crippen LogP contribution in [0.4, 0.5) is 0 Å². The second kappa shape index (κ2) is 11.1. The van der Waals surface area contributed by atoms with E-state index in [2.05, 4.69) is 30.7 Å². The van der Waals surface area contributed by atoms with E-state index in [1.807, 2.05) is 6.92 Å². The van der Waals surface area contributed by atoms with E-state index in [0.29, 0.717) is 6.42 Å². The Hall–Kier alpha value is -0.960. The van der Waals surface area contributed by atoms with Crippen LogP contribution in [0.2, 0.25) is 0 Å². The van der Waals surface area contributed by atoms with Crippen molar-refractivity contribution >= 4 is 0 Å². The monoisotopic (exact) mass is 254 g/mol. The number of aliphatic hydroxyl groups is 1. The van der Waals surface area contributed by atoms with Crippen molar-refractivity contribution in [1.29, 1.82) is 0 Å². The molecule has 0 bridgehead atoms. The summed E-state index contributed by atoms with van der Waals surface area (Å²) in [5, 5.41) is 16.3. The first-order valence-electron chi connectivity index (χ1n) is 7.08. The van der Waals surface area contributed by atoms with Gasteiger partial charge in [0.1, 0.15) is 0 Å². The first-order valence-corrected chi connectivity index (χ1v) is 7.08. The number of hydrogen-bond acceptors (Lipinski definition) is 3. The van der Waals surface area contributed by atoms with Crippen LogP contribution < -0.4 is 10.6 Å². The summed E-state index contributed by atoms with van der Waals surface area (Å²) in [6.07, 6.45) is 6.99. The highest BCUT2D eigenvalue weighted by Gasteiger charge is 2.16. The summed E-state index contributed by atoms with van der Waals surface area (Å²) in [6.45, 7) is 13.5. The lowest BCUT2D eigenvalue weighted by atomic mass is 9.98. The Kier molecular flexibility index (Phi) is 10.6. The van der Waals surface area contributed by atoms with Gasteiger partial charge in [-0.25, -0.2) is 0 Å². The molecule has 0 aromatic rings. The van der Waals surface area contributed by atoms with E-state index in [-0.39, 0.29) is 12.0 Å². The summed E-state index contributed by atoms with van der Waals surface area (Å²) < 4.78 is 0. The Bertz CT molecular complexity index is 229. The highest BCUT2D eigenvalue weighted by Crippen LogP contribution is 2.13. The first-order chi connectivity index (χ1) is 8.63. The molecule has 0 radical (unpaired) electrons. The Labute approximate surface area is 112 Å². The van der Waals surface area contributed by atoms with Crippen molar-refractivity contribution in [3.05, 3.63) is 25.1 Å². The molecule has 0 saturated heterocycles. The van der Waals surface area contributed by atoms with Crippen LogP contribution in [0.15, 0.2) is 25.1 Å². The number of aliphatic hydroxyl groups excluding tert-OH is 1. The van der Waals surface area contributed by atoms with Crippen LogP contribution in [-0.2, 0) is 0 Å². The molecule has 0 rings (SSSR count). The van der Waals surface area contributed by atoms with Crippen LogP contribution in [0.5, 0.6) is 0 Å².